The lowest BCUT2D eigenvalue weighted by atomic mass is 10.2. The zero-order valence-corrected chi connectivity index (χ0v) is 22.5. The second kappa shape index (κ2) is 11.3. The van der Waals surface area contributed by atoms with Gasteiger partial charge in [-0.05, 0) is 70.2 Å². The largest absolute Gasteiger partial charge is 0.462 e. The number of rotatable bonds is 6. The molecule has 0 atom stereocenters. The topological polar surface area (TPSA) is 124 Å². The highest BCUT2D eigenvalue weighted by Gasteiger charge is 2.30. The smallest absolute Gasteiger partial charge is 0.416 e. The number of alkyl halides is 3. The van der Waals surface area contributed by atoms with E-state index in [1.165, 1.54) is 30.5 Å². The van der Waals surface area contributed by atoms with Gasteiger partial charge in [-0.1, -0.05) is 12.1 Å². The predicted molar refractivity (Wildman–Crippen MR) is 146 cm³/mol. The first-order valence-corrected chi connectivity index (χ1v) is 12.4. The van der Waals surface area contributed by atoms with Gasteiger partial charge in [-0.25, -0.2) is 14.6 Å². The van der Waals surface area contributed by atoms with Crippen LogP contribution in [-0.4, -0.2) is 38.8 Å². The quantitative estimate of drug-likeness (QED) is 0.268. The summed E-state index contributed by atoms with van der Waals surface area (Å²) in [6, 6.07) is 11.9. The van der Waals surface area contributed by atoms with Crippen molar-refractivity contribution in [2.45, 2.75) is 39.5 Å². The molecule has 0 aliphatic heterocycles. The Morgan fingerprint density at radius 2 is 1.71 bits per heavy atom. The molecule has 2 aromatic carbocycles. The molecule has 4 rings (SSSR count). The van der Waals surface area contributed by atoms with Crippen molar-refractivity contribution in [3.63, 3.8) is 0 Å². The third-order valence-corrected chi connectivity index (χ3v) is 5.43. The van der Waals surface area contributed by atoms with Crippen LogP contribution in [0.15, 0.2) is 65.6 Å². The maximum Gasteiger partial charge on any atom is 0.416 e. The molecule has 0 unspecified atom stereocenters. The highest BCUT2D eigenvalue weighted by molar-refractivity contribution is 5.94. The number of carbonyl (C=O) groups is 2. The minimum absolute atomic E-state index is 0.0297. The number of hydrogen-bond donors (Lipinski definition) is 2. The van der Waals surface area contributed by atoms with E-state index in [1.807, 2.05) is 0 Å². The number of halogens is 3. The molecule has 0 fully saturated rings. The highest BCUT2D eigenvalue weighted by atomic mass is 19.4. The van der Waals surface area contributed by atoms with Crippen LogP contribution in [0.5, 0.6) is 0 Å². The van der Waals surface area contributed by atoms with Crippen molar-refractivity contribution < 1.29 is 32.2 Å². The summed E-state index contributed by atoms with van der Waals surface area (Å²) in [5.41, 5.74) is -2.04. The Morgan fingerprint density at radius 3 is 2.39 bits per heavy atom. The second-order valence-electron chi connectivity index (χ2n) is 9.77. The van der Waals surface area contributed by atoms with E-state index in [2.05, 4.69) is 20.6 Å². The lowest BCUT2D eigenvalue weighted by molar-refractivity contribution is -0.137. The maximum atomic E-state index is 13.6. The van der Waals surface area contributed by atoms with Crippen molar-refractivity contribution in [1.29, 1.82) is 0 Å². The van der Waals surface area contributed by atoms with Gasteiger partial charge in [-0.15, -0.1) is 0 Å². The molecule has 0 spiro atoms. The van der Waals surface area contributed by atoms with Gasteiger partial charge in [0.25, 0.3) is 5.56 Å². The van der Waals surface area contributed by atoms with Crippen LogP contribution in [0.3, 0.4) is 0 Å². The monoisotopic (exact) mass is 569 g/mol. The molecule has 13 heteroatoms. The van der Waals surface area contributed by atoms with E-state index < -0.39 is 35.0 Å². The van der Waals surface area contributed by atoms with Crippen LogP contribution in [0.25, 0.3) is 16.7 Å². The standard InChI is InChI=1S/C28H26F3N5O5/c1-5-40-24(38)21-12-16-15-32-25(33-18-9-6-8-17(13-18)28(29,30)31)35-22(16)36(23(21)37)20-11-7-10-19(14-20)34-26(39)41-27(2,3)4/h6-15H,5H2,1-4H3,(H,34,39)(H,32,33,35). The van der Waals surface area contributed by atoms with Crippen LogP contribution in [0.2, 0.25) is 0 Å². The first-order valence-electron chi connectivity index (χ1n) is 12.4. The maximum absolute atomic E-state index is 13.6. The van der Waals surface area contributed by atoms with Gasteiger partial charge in [-0.3, -0.25) is 14.7 Å². The summed E-state index contributed by atoms with van der Waals surface area (Å²) in [6.07, 6.45) is -3.95. The van der Waals surface area contributed by atoms with E-state index in [9.17, 15) is 27.6 Å². The summed E-state index contributed by atoms with van der Waals surface area (Å²) in [5, 5.41) is 5.58. The molecule has 2 heterocycles. The van der Waals surface area contributed by atoms with Crippen molar-refractivity contribution in [3.8, 4) is 5.69 Å². The van der Waals surface area contributed by atoms with Gasteiger partial charge in [0, 0.05) is 23.0 Å². The van der Waals surface area contributed by atoms with Crippen LogP contribution < -0.4 is 16.2 Å². The Morgan fingerprint density at radius 1 is 1.00 bits per heavy atom. The number of anilines is 3. The van der Waals surface area contributed by atoms with E-state index in [-0.39, 0.29) is 46.2 Å². The number of carbonyl (C=O) groups excluding carboxylic acids is 2. The molecule has 0 bridgehead atoms. The van der Waals surface area contributed by atoms with Gasteiger partial charge < -0.3 is 14.8 Å². The number of pyridine rings is 1. The fourth-order valence-corrected chi connectivity index (χ4v) is 3.80. The Bertz CT molecular complexity index is 1680. The van der Waals surface area contributed by atoms with Crippen molar-refractivity contribution >= 4 is 40.4 Å². The van der Waals surface area contributed by atoms with Gasteiger partial charge in [0.2, 0.25) is 5.95 Å². The Labute approximate surface area is 232 Å². The van der Waals surface area contributed by atoms with Gasteiger partial charge in [0.15, 0.2) is 5.65 Å². The summed E-state index contributed by atoms with van der Waals surface area (Å²) < 4.78 is 51.0. The highest BCUT2D eigenvalue weighted by Crippen LogP contribution is 2.31. The van der Waals surface area contributed by atoms with Crippen LogP contribution >= 0.6 is 0 Å². The zero-order chi connectivity index (χ0) is 29.9. The number of fused-ring (bicyclic) bond motifs is 1. The molecule has 10 nitrogen and oxygen atoms in total. The second-order valence-corrected chi connectivity index (χ2v) is 9.77. The number of ether oxygens (including phenoxy) is 2. The van der Waals surface area contributed by atoms with E-state index >= 15 is 0 Å². The van der Waals surface area contributed by atoms with E-state index in [0.717, 1.165) is 16.7 Å². The summed E-state index contributed by atoms with van der Waals surface area (Å²) in [7, 11) is 0. The van der Waals surface area contributed by atoms with Gasteiger partial charge >= 0.3 is 18.2 Å². The van der Waals surface area contributed by atoms with E-state index in [0.29, 0.717) is 0 Å². The van der Waals surface area contributed by atoms with Crippen LogP contribution in [0.1, 0.15) is 43.6 Å². The molecule has 2 N–H and O–H groups in total. The average Bonchev–Trinajstić information content (AvgIpc) is 2.87. The third kappa shape index (κ3) is 6.99. The molecule has 0 aliphatic carbocycles. The van der Waals surface area contributed by atoms with Gasteiger partial charge in [-0.2, -0.15) is 18.2 Å². The van der Waals surface area contributed by atoms with E-state index in [1.54, 1.807) is 45.9 Å². The van der Waals surface area contributed by atoms with Gasteiger partial charge in [0.1, 0.15) is 11.2 Å². The number of hydrogen-bond acceptors (Lipinski definition) is 8. The van der Waals surface area contributed by atoms with Crippen molar-refractivity contribution in [1.82, 2.24) is 14.5 Å². The lowest BCUT2D eigenvalue weighted by Crippen LogP contribution is -2.28. The average molecular weight is 570 g/mol. The normalized spacial score (nSPS) is 11.7. The summed E-state index contributed by atoms with van der Waals surface area (Å²) >= 11 is 0. The minimum atomic E-state index is -4.55. The van der Waals surface area contributed by atoms with Crippen molar-refractivity contribution in [3.05, 3.63) is 82.3 Å². The Balaban J connectivity index is 1.83. The Hall–Kier alpha value is -4.94. The number of amides is 1. The molecule has 0 saturated heterocycles. The molecule has 0 aliphatic rings. The van der Waals surface area contributed by atoms with Crippen LogP contribution in [0, 0.1) is 0 Å². The third-order valence-electron chi connectivity index (χ3n) is 5.43. The Kier molecular flexibility index (Phi) is 7.99. The molecule has 1 amide bonds. The first kappa shape index (κ1) is 29.1. The van der Waals surface area contributed by atoms with E-state index in [4.69, 9.17) is 9.47 Å². The fourth-order valence-electron chi connectivity index (χ4n) is 3.80. The lowest BCUT2D eigenvalue weighted by Gasteiger charge is -2.20. The molecule has 41 heavy (non-hydrogen) atoms. The summed E-state index contributed by atoms with van der Waals surface area (Å²) in [4.78, 5) is 47.0. The summed E-state index contributed by atoms with van der Waals surface area (Å²) in [6.45, 7) is 6.75. The minimum Gasteiger partial charge on any atom is -0.462 e. The van der Waals surface area contributed by atoms with Crippen LogP contribution in [-0.2, 0) is 15.7 Å². The molecule has 214 valence electrons. The van der Waals surface area contributed by atoms with Gasteiger partial charge in [0.05, 0.1) is 17.9 Å². The van der Waals surface area contributed by atoms with Crippen molar-refractivity contribution in [2.75, 3.05) is 17.2 Å². The molecule has 2 aromatic heterocycles. The molecular weight excluding hydrogens is 543 g/mol. The number of nitrogens with one attached hydrogen (secondary N) is 2. The predicted octanol–water partition coefficient (Wildman–Crippen LogP) is 6.07. The molecular formula is C28H26F3N5O5. The fraction of sp³-hybridized carbons (Fsp3) is 0.250. The molecule has 4 aromatic rings. The molecule has 0 saturated carbocycles. The number of aromatic nitrogens is 3. The number of nitrogens with zero attached hydrogens (tertiary/aromatic N) is 3. The first-order chi connectivity index (χ1) is 19.2. The van der Waals surface area contributed by atoms with Crippen LogP contribution in [0.4, 0.5) is 35.3 Å². The van der Waals surface area contributed by atoms with Crippen molar-refractivity contribution in [2.24, 2.45) is 0 Å². The number of esters is 1. The number of benzene rings is 2. The summed E-state index contributed by atoms with van der Waals surface area (Å²) in [5.74, 6) is -0.959. The molecule has 0 radical (unpaired) electrons. The SMILES string of the molecule is CCOC(=O)c1cc2cnc(Nc3cccc(C(F)(F)F)c3)nc2n(-c2cccc(NC(=O)OC(C)(C)C)c2)c1=O. The zero-order valence-electron chi connectivity index (χ0n) is 22.5.